The van der Waals surface area contributed by atoms with Crippen LogP contribution in [0, 0.1) is 5.92 Å². The molecule has 0 fully saturated rings. The van der Waals surface area contributed by atoms with Crippen molar-refractivity contribution in [2.75, 3.05) is 0 Å². The highest BCUT2D eigenvalue weighted by Crippen LogP contribution is 2.11. The fourth-order valence-electron chi connectivity index (χ4n) is 2.16. The van der Waals surface area contributed by atoms with Crippen LogP contribution >= 0.6 is 15.9 Å². The molecule has 0 spiro atoms. The third-order valence-corrected chi connectivity index (χ3v) is 4.06. The molecular formula is C18H20BrN3O2. The van der Waals surface area contributed by atoms with Crippen LogP contribution in [0.3, 0.4) is 0 Å². The Kier molecular flexibility index (Phi) is 6.49. The number of carbonyl (C=O) groups excluding carboxylic acids is 2. The molecule has 1 heterocycles. The standard InChI is InChI=1S/C18H20BrN3O2/c1-12(2)16(18(24)21-11-13-4-3-9-20-10-13)22-17(23)14-5-7-15(19)8-6-14/h3-10,12,16H,11H2,1-2H3,(H,21,24)(H,22,23)/t16-/m1/s1. The van der Waals surface area contributed by atoms with E-state index in [1.165, 1.54) is 0 Å². The minimum atomic E-state index is -0.599. The van der Waals surface area contributed by atoms with Gasteiger partial charge in [-0.2, -0.15) is 0 Å². The molecular weight excluding hydrogens is 370 g/mol. The maximum atomic E-state index is 12.4. The van der Waals surface area contributed by atoms with Crippen molar-refractivity contribution in [3.8, 4) is 0 Å². The fourth-order valence-corrected chi connectivity index (χ4v) is 2.43. The second-order valence-electron chi connectivity index (χ2n) is 5.78. The highest BCUT2D eigenvalue weighted by molar-refractivity contribution is 9.10. The van der Waals surface area contributed by atoms with Crippen LogP contribution in [0.4, 0.5) is 0 Å². The predicted molar refractivity (Wildman–Crippen MR) is 96.3 cm³/mol. The molecule has 0 unspecified atom stereocenters. The van der Waals surface area contributed by atoms with Gasteiger partial charge in [-0.1, -0.05) is 35.8 Å². The molecule has 6 heteroatoms. The van der Waals surface area contributed by atoms with Gasteiger partial charge < -0.3 is 10.6 Å². The van der Waals surface area contributed by atoms with E-state index in [0.717, 1.165) is 10.0 Å². The summed E-state index contributed by atoms with van der Waals surface area (Å²) in [5.41, 5.74) is 1.43. The Balaban J connectivity index is 1.99. The predicted octanol–water partition coefficient (Wildman–Crippen LogP) is 2.91. The van der Waals surface area contributed by atoms with Gasteiger partial charge in [0.15, 0.2) is 0 Å². The van der Waals surface area contributed by atoms with Crippen molar-refractivity contribution in [2.24, 2.45) is 5.92 Å². The lowest BCUT2D eigenvalue weighted by atomic mass is 10.0. The molecule has 0 radical (unpaired) electrons. The van der Waals surface area contributed by atoms with Crippen molar-refractivity contribution in [3.63, 3.8) is 0 Å². The molecule has 0 aliphatic rings. The summed E-state index contributed by atoms with van der Waals surface area (Å²) in [5.74, 6) is -0.504. The fraction of sp³-hybridized carbons (Fsp3) is 0.278. The van der Waals surface area contributed by atoms with E-state index in [2.05, 4.69) is 31.5 Å². The van der Waals surface area contributed by atoms with Crippen LogP contribution in [0.15, 0.2) is 53.3 Å². The molecule has 0 aliphatic carbocycles. The molecule has 2 N–H and O–H groups in total. The molecule has 0 aliphatic heterocycles. The molecule has 2 aromatic rings. The highest BCUT2D eigenvalue weighted by atomic mass is 79.9. The Morgan fingerprint density at radius 2 is 1.88 bits per heavy atom. The number of benzene rings is 1. The Labute approximate surface area is 150 Å². The van der Waals surface area contributed by atoms with Gasteiger partial charge in [0.25, 0.3) is 5.91 Å². The maximum Gasteiger partial charge on any atom is 0.251 e. The molecule has 1 atom stereocenters. The molecule has 1 aromatic heterocycles. The first-order chi connectivity index (χ1) is 11.5. The molecule has 1 aromatic carbocycles. The smallest absolute Gasteiger partial charge is 0.251 e. The van der Waals surface area contributed by atoms with Crippen LogP contribution in [0.25, 0.3) is 0 Å². The average molecular weight is 390 g/mol. The number of carbonyl (C=O) groups is 2. The van der Waals surface area contributed by atoms with Gasteiger partial charge in [-0.3, -0.25) is 14.6 Å². The molecule has 2 amide bonds. The van der Waals surface area contributed by atoms with Gasteiger partial charge in [0.2, 0.25) is 5.91 Å². The zero-order valence-electron chi connectivity index (χ0n) is 13.6. The van der Waals surface area contributed by atoms with Gasteiger partial charge in [0, 0.05) is 29.0 Å². The summed E-state index contributed by atoms with van der Waals surface area (Å²) < 4.78 is 0.897. The molecule has 0 saturated carbocycles. The van der Waals surface area contributed by atoms with E-state index in [-0.39, 0.29) is 17.7 Å². The van der Waals surface area contributed by atoms with Crippen LogP contribution in [0.5, 0.6) is 0 Å². The lowest BCUT2D eigenvalue weighted by Gasteiger charge is -2.21. The SMILES string of the molecule is CC(C)[C@@H](NC(=O)c1ccc(Br)cc1)C(=O)NCc1cccnc1. The Morgan fingerprint density at radius 1 is 1.17 bits per heavy atom. The number of pyridine rings is 1. The van der Waals surface area contributed by atoms with Crippen LogP contribution in [0.1, 0.15) is 29.8 Å². The van der Waals surface area contributed by atoms with Crippen molar-refractivity contribution >= 4 is 27.7 Å². The van der Waals surface area contributed by atoms with Crippen molar-refractivity contribution in [3.05, 3.63) is 64.4 Å². The van der Waals surface area contributed by atoms with Crippen LogP contribution in [-0.2, 0) is 11.3 Å². The second kappa shape index (κ2) is 8.59. The summed E-state index contributed by atoms with van der Waals surface area (Å²) in [4.78, 5) is 28.8. The first kappa shape index (κ1) is 18.1. The largest absolute Gasteiger partial charge is 0.350 e. The quantitative estimate of drug-likeness (QED) is 0.797. The van der Waals surface area contributed by atoms with Gasteiger partial charge in [0.1, 0.15) is 6.04 Å². The average Bonchev–Trinajstić information content (AvgIpc) is 2.58. The minimum Gasteiger partial charge on any atom is -0.350 e. The molecule has 0 saturated heterocycles. The molecule has 0 bridgehead atoms. The molecule has 126 valence electrons. The monoisotopic (exact) mass is 389 g/mol. The van der Waals surface area contributed by atoms with Crippen LogP contribution in [-0.4, -0.2) is 22.8 Å². The Hall–Kier alpha value is -2.21. The third kappa shape index (κ3) is 5.16. The number of rotatable bonds is 6. The van der Waals surface area contributed by atoms with Crippen molar-refractivity contribution in [2.45, 2.75) is 26.4 Å². The Morgan fingerprint density at radius 3 is 2.46 bits per heavy atom. The van der Waals surface area contributed by atoms with E-state index >= 15 is 0 Å². The van der Waals surface area contributed by atoms with Crippen molar-refractivity contribution < 1.29 is 9.59 Å². The second-order valence-corrected chi connectivity index (χ2v) is 6.70. The first-order valence-corrected chi connectivity index (χ1v) is 8.49. The number of hydrogen-bond donors (Lipinski definition) is 2. The van der Waals surface area contributed by atoms with E-state index < -0.39 is 6.04 Å². The first-order valence-electron chi connectivity index (χ1n) is 7.70. The van der Waals surface area contributed by atoms with Gasteiger partial charge >= 0.3 is 0 Å². The third-order valence-electron chi connectivity index (χ3n) is 3.53. The number of halogens is 1. The number of nitrogens with one attached hydrogen (secondary N) is 2. The van der Waals surface area contributed by atoms with E-state index in [0.29, 0.717) is 12.1 Å². The maximum absolute atomic E-state index is 12.4. The molecule has 24 heavy (non-hydrogen) atoms. The lowest BCUT2D eigenvalue weighted by Crippen LogP contribution is -2.49. The summed E-state index contributed by atoms with van der Waals surface area (Å²) >= 11 is 3.33. The molecule has 5 nitrogen and oxygen atoms in total. The van der Waals surface area contributed by atoms with E-state index in [9.17, 15) is 9.59 Å². The lowest BCUT2D eigenvalue weighted by molar-refractivity contribution is -0.124. The van der Waals surface area contributed by atoms with Crippen LogP contribution in [0.2, 0.25) is 0 Å². The highest BCUT2D eigenvalue weighted by Gasteiger charge is 2.24. The Bertz CT molecular complexity index is 687. The summed E-state index contributed by atoms with van der Waals surface area (Å²) in [7, 11) is 0. The van der Waals surface area contributed by atoms with Gasteiger partial charge in [0.05, 0.1) is 0 Å². The summed E-state index contributed by atoms with van der Waals surface area (Å²) in [6.07, 6.45) is 3.38. The molecule has 2 rings (SSSR count). The van der Waals surface area contributed by atoms with E-state index in [1.807, 2.05) is 26.0 Å². The van der Waals surface area contributed by atoms with Gasteiger partial charge in [-0.25, -0.2) is 0 Å². The van der Waals surface area contributed by atoms with Gasteiger partial charge in [-0.15, -0.1) is 0 Å². The zero-order valence-corrected chi connectivity index (χ0v) is 15.2. The van der Waals surface area contributed by atoms with Crippen molar-refractivity contribution in [1.29, 1.82) is 0 Å². The number of nitrogens with zero attached hydrogens (tertiary/aromatic N) is 1. The topological polar surface area (TPSA) is 71.1 Å². The van der Waals surface area contributed by atoms with E-state index in [1.54, 1.807) is 36.7 Å². The summed E-state index contributed by atoms with van der Waals surface area (Å²) in [6.45, 7) is 4.18. The summed E-state index contributed by atoms with van der Waals surface area (Å²) in [6, 6.07) is 10.1. The zero-order chi connectivity index (χ0) is 17.5. The normalized spacial score (nSPS) is 11.8. The summed E-state index contributed by atoms with van der Waals surface area (Å²) in [5, 5.41) is 5.65. The van der Waals surface area contributed by atoms with Crippen LogP contribution < -0.4 is 10.6 Å². The number of amides is 2. The minimum absolute atomic E-state index is 0.0294. The number of aromatic nitrogens is 1. The van der Waals surface area contributed by atoms with Crippen molar-refractivity contribution in [1.82, 2.24) is 15.6 Å². The number of hydrogen-bond acceptors (Lipinski definition) is 3. The van der Waals surface area contributed by atoms with E-state index in [4.69, 9.17) is 0 Å². The van der Waals surface area contributed by atoms with Gasteiger partial charge in [-0.05, 0) is 41.8 Å².